The van der Waals surface area contributed by atoms with E-state index in [0.717, 1.165) is 18.6 Å². The van der Waals surface area contributed by atoms with Crippen LogP contribution in [0.4, 0.5) is 0 Å². The zero-order valence-corrected chi connectivity index (χ0v) is 12.1. The molecule has 106 valence electrons. The zero-order valence-electron chi connectivity index (χ0n) is 12.1. The minimum Gasteiger partial charge on any atom is -0.465 e. The molecular weight excluding hydrogens is 240 g/mol. The molecule has 1 atom stereocenters. The Hall–Kier alpha value is -1.35. The highest BCUT2D eigenvalue weighted by Gasteiger charge is 2.08. The van der Waals surface area contributed by atoms with E-state index in [1.54, 1.807) is 12.1 Å². The minimum atomic E-state index is -0.306. The maximum Gasteiger partial charge on any atom is 0.337 e. The van der Waals surface area contributed by atoms with Crippen LogP contribution in [0.1, 0.15) is 61.6 Å². The van der Waals surface area contributed by atoms with Gasteiger partial charge in [-0.15, -0.1) is 0 Å². The van der Waals surface area contributed by atoms with E-state index >= 15 is 0 Å². The lowest BCUT2D eigenvalue weighted by molar-refractivity contribution is 0.0595. The van der Waals surface area contributed by atoms with Gasteiger partial charge in [0.25, 0.3) is 0 Å². The van der Waals surface area contributed by atoms with Crippen molar-refractivity contribution in [1.29, 1.82) is 0 Å². The number of hydrogen-bond donors (Lipinski definition) is 0. The van der Waals surface area contributed by atoms with E-state index in [1.165, 1.54) is 26.4 Å². The second-order valence-electron chi connectivity index (χ2n) is 4.69. The van der Waals surface area contributed by atoms with Gasteiger partial charge in [-0.2, -0.15) is 0 Å². The van der Waals surface area contributed by atoms with Gasteiger partial charge < -0.3 is 9.47 Å². The summed E-state index contributed by atoms with van der Waals surface area (Å²) in [4.78, 5) is 11.3. The van der Waals surface area contributed by atoms with E-state index in [4.69, 9.17) is 4.74 Å². The Morgan fingerprint density at radius 2 is 1.84 bits per heavy atom. The number of hydrogen-bond acceptors (Lipinski definition) is 3. The molecule has 0 N–H and O–H groups in total. The van der Waals surface area contributed by atoms with Gasteiger partial charge in [0.15, 0.2) is 0 Å². The number of carbonyl (C=O) groups is 1. The van der Waals surface area contributed by atoms with Gasteiger partial charge in [-0.1, -0.05) is 38.3 Å². The first-order valence-corrected chi connectivity index (χ1v) is 6.99. The molecule has 0 aromatic heterocycles. The lowest BCUT2D eigenvalue weighted by atomic mass is 10.1. The molecule has 0 fully saturated rings. The smallest absolute Gasteiger partial charge is 0.337 e. The number of carbonyl (C=O) groups excluding carboxylic acids is 1. The molecule has 3 heteroatoms. The first kappa shape index (κ1) is 15.7. The van der Waals surface area contributed by atoms with Gasteiger partial charge in [0.05, 0.1) is 18.8 Å². The fraction of sp³-hybridized carbons (Fsp3) is 0.562. The summed E-state index contributed by atoms with van der Waals surface area (Å²) in [5.41, 5.74) is 1.66. The Balaban J connectivity index is 2.40. The fourth-order valence-corrected chi connectivity index (χ4v) is 1.89. The van der Waals surface area contributed by atoms with Gasteiger partial charge in [-0.3, -0.25) is 0 Å². The van der Waals surface area contributed by atoms with Gasteiger partial charge in [-0.25, -0.2) is 4.79 Å². The lowest BCUT2D eigenvalue weighted by Gasteiger charge is -2.13. The van der Waals surface area contributed by atoms with Crippen molar-refractivity contribution in [2.75, 3.05) is 13.7 Å². The Kier molecular flexibility index (Phi) is 7.19. The normalized spacial score (nSPS) is 12.2. The monoisotopic (exact) mass is 264 g/mol. The van der Waals surface area contributed by atoms with Crippen LogP contribution in [-0.4, -0.2) is 19.7 Å². The molecule has 1 unspecified atom stereocenters. The first-order chi connectivity index (χ1) is 9.19. The number of methoxy groups -OCH3 is 1. The Labute approximate surface area is 115 Å². The predicted molar refractivity (Wildman–Crippen MR) is 76.3 cm³/mol. The Bertz CT molecular complexity index is 370. The van der Waals surface area contributed by atoms with Crippen LogP contribution in [0.2, 0.25) is 0 Å². The number of unbranched alkanes of at least 4 members (excludes halogenated alkanes) is 3. The van der Waals surface area contributed by atoms with Crippen LogP contribution in [0.15, 0.2) is 24.3 Å². The van der Waals surface area contributed by atoms with Gasteiger partial charge in [0.2, 0.25) is 0 Å². The SMILES string of the molecule is CCCCCCOC(C)c1ccc(C(=O)OC)cc1. The minimum absolute atomic E-state index is 0.0633. The number of esters is 1. The van der Waals surface area contributed by atoms with Crippen LogP contribution in [0.5, 0.6) is 0 Å². The summed E-state index contributed by atoms with van der Waals surface area (Å²) >= 11 is 0. The van der Waals surface area contributed by atoms with Crippen molar-refractivity contribution in [3.8, 4) is 0 Å². The van der Waals surface area contributed by atoms with E-state index in [-0.39, 0.29) is 12.1 Å². The third kappa shape index (κ3) is 5.43. The zero-order chi connectivity index (χ0) is 14.1. The second kappa shape index (κ2) is 8.70. The van der Waals surface area contributed by atoms with E-state index in [0.29, 0.717) is 5.56 Å². The van der Waals surface area contributed by atoms with Crippen LogP contribution in [0, 0.1) is 0 Å². The second-order valence-corrected chi connectivity index (χ2v) is 4.69. The maximum atomic E-state index is 11.3. The van der Waals surface area contributed by atoms with Gasteiger partial charge in [0.1, 0.15) is 0 Å². The quantitative estimate of drug-likeness (QED) is 0.523. The summed E-state index contributed by atoms with van der Waals surface area (Å²) in [5, 5.41) is 0. The van der Waals surface area contributed by atoms with E-state index < -0.39 is 0 Å². The highest BCUT2D eigenvalue weighted by atomic mass is 16.5. The first-order valence-electron chi connectivity index (χ1n) is 6.99. The molecule has 0 amide bonds. The van der Waals surface area contributed by atoms with Crippen molar-refractivity contribution in [3.63, 3.8) is 0 Å². The average Bonchev–Trinajstić information content (AvgIpc) is 2.46. The van der Waals surface area contributed by atoms with Crippen LogP contribution < -0.4 is 0 Å². The van der Waals surface area contributed by atoms with Crippen LogP contribution in [0.25, 0.3) is 0 Å². The Morgan fingerprint density at radius 1 is 1.16 bits per heavy atom. The van der Waals surface area contributed by atoms with Crippen molar-refractivity contribution in [2.45, 2.75) is 45.6 Å². The molecule has 0 aliphatic heterocycles. The molecule has 0 saturated heterocycles. The summed E-state index contributed by atoms with van der Waals surface area (Å²) in [6, 6.07) is 7.39. The van der Waals surface area contributed by atoms with Crippen LogP contribution in [0.3, 0.4) is 0 Å². The van der Waals surface area contributed by atoms with E-state index in [1.807, 2.05) is 19.1 Å². The molecule has 0 aliphatic carbocycles. The highest BCUT2D eigenvalue weighted by molar-refractivity contribution is 5.89. The number of rotatable bonds is 8. The molecule has 0 radical (unpaired) electrons. The van der Waals surface area contributed by atoms with Crippen molar-refractivity contribution in [3.05, 3.63) is 35.4 Å². The molecule has 0 bridgehead atoms. The van der Waals surface area contributed by atoms with E-state index in [2.05, 4.69) is 11.7 Å². The fourth-order valence-electron chi connectivity index (χ4n) is 1.89. The molecular formula is C16H24O3. The van der Waals surface area contributed by atoms with Gasteiger partial charge >= 0.3 is 5.97 Å². The van der Waals surface area contributed by atoms with Crippen molar-refractivity contribution in [2.24, 2.45) is 0 Å². The lowest BCUT2D eigenvalue weighted by Crippen LogP contribution is -2.04. The third-order valence-corrected chi connectivity index (χ3v) is 3.17. The molecule has 19 heavy (non-hydrogen) atoms. The molecule has 0 heterocycles. The Morgan fingerprint density at radius 3 is 2.42 bits per heavy atom. The third-order valence-electron chi connectivity index (χ3n) is 3.17. The standard InChI is InChI=1S/C16H24O3/c1-4-5-6-7-12-19-13(2)14-8-10-15(11-9-14)16(17)18-3/h8-11,13H,4-7,12H2,1-3H3. The molecule has 1 aromatic carbocycles. The molecule has 0 spiro atoms. The largest absolute Gasteiger partial charge is 0.465 e. The molecule has 0 aliphatic rings. The number of benzene rings is 1. The highest BCUT2D eigenvalue weighted by Crippen LogP contribution is 2.18. The maximum absolute atomic E-state index is 11.3. The summed E-state index contributed by atoms with van der Waals surface area (Å²) in [5.74, 6) is -0.306. The summed E-state index contributed by atoms with van der Waals surface area (Å²) in [6.07, 6.45) is 4.91. The average molecular weight is 264 g/mol. The summed E-state index contributed by atoms with van der Waals surface area (Å²) < 4.78 is 10.5. The molecule has 1 aromatic rings. The predicted octanol–water partition coefficient (Wildman–Crippen LogP) is 4.13. The van der Waals surface area contributed by atoms with Crippen LogP contribution in [-0.2, 0) is 9.47 Å². The summed E-state index contributed by atoms with van der Waals surface area (Å²) in [7, 11) is 1.39. The summed E-state index contributed by atoms with van der Waals surface area (Å²) in [6.45, 7) is 5.03. The van der Waals surface area contributed by atoms with Crippen molar-refractivity contribution in [1.82, 2.24) is 0 Å². The van der Waals surface area contributed by atoms with Gasteiger partial charge in [0, 0.05) is 6.61 Å². The van der Waals surface area contributed by atoms with Crippen molar-refractivity contribution >= 4 is 5.97 Å². The number of ether oxygens (including phenoxy) is 2. The molecule has 1 rings (SSSR count). The topological polar surface area (TPSA) is 35.5 Å². The van der Waals surface area contributed by atoms with Crippen LogP contribution >= 0.6 is 0 Å². The van der Waals surface area contributed by atoms with E-state index in [9.17, 15) is 4.79 Å². The van der Waals surface area contributed by atoms with Crippen molar-refractivity contribution < 1.29 is 14.3 Å². The molecule has 3 nitrogen and oxygen atoms in total. The molecule has 0 saturated carbocycles. The van der Waals surface area contributed by atoms with Gasteiger partial charge in [-0.05, 0) is 31.0 Å².